The maximum absolute atomic E-state index is 8.84. The van der Waals surface area contributed by atoms with Gasteiger partial charge in [0.05, 0.1) is 12.5 Å². The second-order valence-corrected chi connectivity index (χ2v) is 4.71. The first kappa shape index (κ1) is 11.2. The number of nitrogens with one attached hydrogen (secondary N) is 1. The lowest BCUT2D eigenvalue weighted by Gasteiger charge is -2.16. The van der Waals surface area contributed by atoms with Gasteiger partial charge in [-0.1, -0.05) is 37.3 Å². The SMILES string of the molecule is CC1CC1CNC(CC#N)c1ccccc1. The largest absolute Gasteiger partial charge is 0.309 e. The summed E-state index contributed by atoms with van der Waals surface area (Å²) in [6, 6.07) is 12.7. The summed E-state index contributed by atoms with van der Waals surface area (Å²) in [5, 5.41) is 12.3. The summed E-state index contributed by atoms with van der Waals surface area (Å²) in [6.07, 6.45) is 1.88. The maximum Gasteiger partial charge on any atom is 0.0641 e. The lowest BCUT2D eigenvalue weighted by atomic mass is 10.0. The topological polar surface area (TPSA) is 35.8 Å². The molecule has 0 spiro atoms. The van der Waals surface area contributed by atoms with Crippen LogP contribution < -0.4 is 5.32 Å². The van der Waals surface area contributed by atoms with E-state index in [9.17, 15) is 0 Å². The highest BCUT2D eigenvalue weighted by atomic mass is 14.9. The lowest BCUT2D eigenvalue weighted by Crippen LogP contribution is -2.23. The molecule has 0 aromatic heterocycles. The summed E-state index contributed by atoms with van der Waals surface area (Å²) < 4.78 is 0. The number of benzene rings is 1. The second-order valence-electron chi connectivity index (χ2n) is 4.71. The summed E-state index contributed by atoms with van der Waals surface area (Å²) in [4.78, 5) is 0. The Bertz CT molecular complexity index is 366. The molecule has 3 unspecified atom stereocenters. The van der Waals surface area contributed by atoms with Gasteiger partial charge in [0.1, 0.15) is 0 Å². The number of hydrogen-bond acceptors (Lipinski definition) is 2. The van der Waals surface area contributed by atoms with Crippen LogP contribution in [0.4, 0.5) is 0 Å². The molecule has 2 heteroatoms. The van der Waals surface area contributed by atoms with E-state index in [2.05, 4.69) is 30.4 Å². The Morgan fingerprint density at radius 2 is 2.12 bits per heavy atom. The summed E-state index contributed by atoms with van der Waals surface area (Å²) in [5.41, 5.74) is 1.22. The van der Waals surface area contributed by atoms with Crippen molar-refractivity contribution < 1.29 is 0 Å². The average molecular weight is 214 g/mol. The fourth-order valence-corrected chi connectivity index (χ4v) is 2.06. The third kappa shape index (κ3) is 2.84. The molecule has 0 heterocycles. The zero-order chi connectivity index (χ0) is 11.4. The van der Waals surface area contributed by atoms with Gasteiger partial charge >= 0.3 is 0 Å². The van der Waals surface area contributed by atoms with Crippen molar-refractivity contribution >= 4 is 0 Å². The summed E-state index contributed by atoms with van der Waals surface area (Å²) in [5.74, 6) is 1.69. The smallest absolute Gasteiger partial charge is 0.0641 e. The Labute approximate surface area is 97.3 Å². The number of nitrogens with zero attached hydrogens (tertiary/aromatic N) is 1. The van der Waals surface area contributed by atoms with Crippen LogP contribution in [0.3, 0.4) is 0 Å². The first-order valence-corrected chi connectivity index (χ1v) is 5.96. The molecule has 3 atom stereocenters. The highest BCUT2D eigenvalue weighted by Crippen LogP contribution is 2.37. The van der Waals surface area contributed by atoms with Crippen molar-refractivity contribution in [2.75, 3.05) is 6.54 Å². The molecule has 1 aromatic carbocycles. The van der Waals surface area contributed by atoms with Crippen LogP contribution in [0.5, 0.6) is 0 Å². The van der Waals surface area contributed by atoms with E-state index >= 15 is 0 Å². The zero-order valence-electron chi connectivity index (χ0n) is 9.69. The number of hydrogen-bond donors (Lipinski definition) is 1. The minimum atomic E-state index is 0.194. The minimum absolute atomic E-state index is 0.194. The molecule has 1 aliphatic carbocycles. The third-order valence-electron chi connectivity index (χ3n) is 3.40. The van der Waals surface area contributed by atoms with E-state index in [4.69, 9.17) is 5.26 Å². The highest BCUT2D eigenvalue weighted by Gasteiger charge is 2.32. The predicted octanol–water partition coefficient (Wildman–Crippen LogP) is 2.89. The molecule has 16 heavy (non-hydrogen) atoms. The zero-order valence-corrected chi connectivity index (χ0v) is 9.69. The van der Waals surface area contributed by atoms with Crippen LogP contribution in [0, 0.1) is 23.2 Å². The van der Waals surface area contributed by atoms with Crippen LogP contribution >= 0.6 is 0 Å². The highest BCUT2D eigenvalue weighted by molar-refractivity contribution is 5.20. The Morgan fingerprint density at radius 1 is 1.44 bits per heavy atom. The van der Waals surface area contributed by atoms with Gasteiger partial charge in [0.2, 0.25) is 0 Å². The van der Waals surface area contributed by atoms with Gasteiger partial charge in [-0.3, -0.25) is 0 Å². The van der Waals surface area contributed by atoms with E-state index in [-0.39, 0.29) is 6.04 Å². The van der Waals surface area contributed by atoms with Crippen molar-refractivity contribution in [2.24, 2.45) is 11.8 Å². The molecule has 0 aliphatic heterocycles. The van der Waals surface area contributed by atoms with E-state index in [1.807, 2.05) is 18.2 Å². The van der Waals surface area contributed by atoms with Crippen LogP contribution in [0.2, 0.25) is 0 Å². The molecule has 0 amide bonds. The molecule has 1 saturated carbocycles. The van der Waals surface area contributed by atoms with Crippen LogP contribution in [0.1, 0.15) is 31.4 Å². The molecule has 0 saturated heterocycles. The first-order chi connectivity index (χ1) is 7.81. The quantitative estimate of drug-likeness (QED) is 0.818. The van der Waals surface area contributed by atoms with Gasteiger partial charge in [-0.15, -0.1) is 0 Å². The van der Waals surface area contributed by atoms with Gasteiger partial charge in [-0.2, -0.15) is 5.26 Å². The maximum atomic E-state index is 8.84. The molecule has 0 bridgehead atoms. The van der Waals surface area contributed by atoms with Crippen molar-refractivity contribution in [3.05, 3.63) is 35.9 Å². The fraction of sp³-hybridized carbons (Fsp3) is 0.500. The molecule has 2 rings (SSSR count). The number of nitriles is 1. The molecule has 1 aliphatic rings. The number of rotatable bonds is 5. The fourth-order valence-electron chi connectivity index (χ4n) is 2.06. The van der Waals surface area contributed by atoms with Crippen molar-refractivity contribution in [3.8, 4) is 6.07 Å². The molecule has 1 fully saturated rings. The summed E-state index contributed by atoms with van der Waals surface area (Å²) >= 11 is 0. The van der Waals surface area contributed by atoms with E-state index < -0.39 is 0 Å². The Hall–Kier alpha value is -1.33. The summed E-state index contributed by atoms with van der Waals surface area (Å²) in [6.45, 7) is 3.33. The monoisotopic (exact) mass is 214 g/mol. The summed E-state index contributed by atoms with van der Waals surface area (Å²) in [7, 11) is 0. The van der Waals surface area contributed by atoms with Gasteiger partial charge in [-0.25, -0.2) is 0 Å². The van der Waals surface area contributed by atoms with E-state index in [0.29, 0.717) is 6.42 Å². The van der Waals surface area contributed by atoms with Crippen molar-refractivity contribution in [2.45, 2.75) is 25.8 Å². The predicted molar refractivity (Wildman–Crippen MR) is 64.7 cm³/mol. The molecule has 0 radical (unpaired) electrons. The average Bonchev–Trinajstić information content (AvgIpc) is 3.02. The standard InChI is InChI=1S/C14H18N2/c1-11-9-13(11)10-16-14(7-8-15)12-5-3-2-4-6-12/h2-6,11,13-14,16H,7,9-10H2,1H3. The normalized spacial score (nSPS) is 24.8. The Kier molecular flexibility index (Phi) is 3.58. The van der Waals surface area contributed by atoms with Gasteiger partial charge < -0.3 is 5.32 Å². The van der Waals surface area contributed by atoms with Gasteiger partial charge in [0.25, 0.3) is 0 Å². The van der Waals surface area contributed by atoms with E-state index in [1.165, 1.54) is 12.0 Å². The second kappa shape index (κ2) is 5.14. The van der Waals surface area contributed by atoms with Gasteiger partial charge in [0, 0.05) is 6.04 Å². The van der Waals surface area contributed by atoms with Crippen molar-refractivity contribution in [1.29, 1.82) is 5.26 Å². The molecule has 84 valence electrons. The van der Waals surface area contributed by atoms with Crippen LogP contribution in [-0.4, -0.2) is 6.54 Å². The van der Waals surface area contributed by atoms with Crippen LogP contribution in [0.25, 0.3) is 0 Å². The van der Waals surface area contributed by atoms with Crippen LogP contribution in [0.15, 0.2) is 30.3 Å². The Morgan fingerprint density at radius 3 is 2.69 bits per heavy atom. The molecule has 2 nitrogen and oxygen atoms in total. The van der Waals surface area contributed by atoms with Gasteiger partial charge in [0.15, 0.2) is 0 Å². The van der Waals surface area contributed by atoms with Crippen molar-refractivity contribution in [1.82, 2.24) is 5.32 Å². The Balaban J connectivity index is 1.92. The molecular formula is C14H18N2. The van der Waals surface area contributed by atoms with E-state index in [0.717, 1.165) is 18.4 Å². The lowest BCUT2D eigenvalue weighted by molar-refractivity contribution is 0.511. The minimum Gasteiger partial charge on any atom is -0.309 e. The third-order valence-corrected chi connectivity index (χ3v) is 3.40. The molecule has 1 N–H and O–H groups in total. The van der Waals surface area contributed by atoms with E-state index in [1.54, 1.807) is 0 Å². The molecular weight excluding hydrogens is 196 g/mol. The van der Waals surface area contributed by atoms with Crippen molar-refractivity contribution in [3.63, 3.8) is 0 Å². The van der Waals surface area contributed by atoms with Crippen LogP contribution in [-0.2, 0) is 0 Å². The van der Waals surface area contributed by atoms with Gasteiger partial charge in [-0.05, 0) is 30.4 Å². The molecule has 1 aromatic rings. The first-order valence-electron chi connectivity index (χ1n) is 5.96.